The Kier molecular flexibility index (Phi) is 1.97. The van der Waals surface area contributed by atoms with Crippen LogP contribution in [-0.4, -0.2) is 9.55 Å². The van der Waals surface area contributed by atoms with Crippen LogP contribution in [0.1, 0.15) is 24.7 Å². The van der Waals surface area contributed by atoms with Crippen LogP contribution in [0.2, 0.25) is 5.02 Å². The van der Waals surface area contributed by atoms with Gasteiger partial charge in [0, 0.05) is 6.54 Å². The molecular formula is C11H12ClN3. The molecule has 1 aromatic carbocycles. The summed E-state index contributed by atoms with van der Waals surface area (Å²) in [6, 6.07) is 5.94. The maximum Gasteiger partial charge on any atom is 0.126 e. The molecule has 0 saturated carbocycles. The van der Waals surface area contributed by atoms with Gasteiger partial charge >= 0.3 is 0 Å². The van der Waals surface area contributed by atoms with Crippen LogP contribution < -0.4 is 5.73 Å². The SMILES string of the molecule is NC1CCCn2c1nc1c(Cl)cccc12. The van der Waals surface area contributed by atoms with Gasteiger partial charge in [0.25, 0.3) is 0 Å². The van der Waals surface area contributed by atoms with Crippen LogP contribution in [0.3, 0.4) is 0 Å². The summed E-state index contributed by atoms with van der Waals surface area (Å²) in [6.07, 6.45) is 2.13. The zero-order chi connectivity index (χ0) is 10.4. The molecule has 2 heterocycles. The van der Waals surface area contributed by atoms with E-state index in [9.17, 15) is 0 Å². The number of hydrogen-bond acceptors (Lipinski definition) is 2. The Hall–Kier alpha value is -1.06. The van der Waals surface area contributed by atoms with E-state index in [-0.39, 0.29) is 6.04 Å². The number of imidazole rings is 1. The normalized spacial score (nSPS) is 20.5. The second kappa shape index (κ2) is 3.22. The summed E-state index contributed by atoms with van der Waals surface area (Å²) < 4.78 is 2.19. The summed E-state index contributed by atoms with van der Waals surface area (Å²) in [7, 11) is 0. The summed E-state index contributed by atoms with van der Waals surface area (Å²) >= 11 is 6.11. The lowest BCUT2D eigenvalue weighted by atomic mass is 10.1. The van der Waals surface area contributed by atoms with Gasteiger partial charge in [-0.1, -0.05) is 17.7 Å². The summed E-state index contributed by atoms with van der Waals surface area (Å²) in [5, 5.41) is 0.710. The second-order valence-corrected chi connectivity index (χ2v) is 4.39. The third-order valence-corrected chi connectivity index (χ3v) is 3.29. The highest BCUT2D eigenvalue weighted by Gasteiger charge is 2.21. The van der Waals surface area contributed by atoms with Crippen LogP contribution in [0.15, 0.2) is 18.2 Å². The van der Waals surface area contributed by atoms with Crippen molar-refractivity contribution >= 4 is 22.6 Å². The van der Waals surface area contributed by atoms with Gasteiger partial charge in [0.1, 0.15) is 11.3 Å². The maximum absolute atomic E-state index is 6.11. The molecule has 1 aliphatic rings. The average molecular weight is 222 g/mol. The topological polar surface area (TPSA) is 43.8 Å². The first-order valence-electron chi connectivity index (χ1n) is 5.17. The molecule has 1 aliphatic heterocycles. The van der Waals surface area contributed by atoms with E-state index >= 15 is 0 Å². The van der Waals surface area contributed by atoms with Crippen LogP contribution in [0.5, 0.6) is 0 Å². The Morgan fingerprint density at radius 3 is 3.20 bits per heavy atom. The van der Waals surface area contributed by atoms with E-state index in [1.54, 1.807) is 0 Å². The van der Waals surface area contributed by atoms with Gasteiger partial charge in [-0.15, -0.1) is 0 Å². The second-order valence-electron chi connectivity index (χ2n) is 3.98. The summed E-state index contributed by atoms with van der Waals surface area (Å²) in [6.45, 7) is 1.000. The number of hydrogen-bond donors (Lipinski definition) is 1. The predicted molar refractivity (Wildman–Crippen MR) is 60.9 cm³/mol. The number of halogens is 1. The molecule has 1 atom stereocenters. The standard InChI is InChI=1S/C11H12ClN3/c12-7-3-1-5-9-10(7)14-11-8(13)4-2-6-15(9)11/h1,3,5,8H,2,4,6,13H2. The number of rotatable bonds is 0. The molecule has 0 radical (unpaired) electrons. The Labute approximate surface area is 92.8 Å². The van der Waals surface area contributed by atoms with E-state index in [0.717, 1.165) is 36.2 Å². The van der Waals surface area contributed by atoms with E-state index < -0.39 is 0 Å². The highest BCUT2D eigenvalue weighted by Crippen LogP contribution is 2.30. The van der Waals surface area contributed by atoms with Crippen molar-refractivity contribution in [1.82, 2.24) is 9.55 Å². The Balaban J connectivity index is 2.35. The van der Waals surface area contributed by atoms with Crippen molar-refractivity contribution in [1.29, 1.82) is 0 Å². The largest absolute Gasteiger partial charge is 0.327 e. The molecule has 4 heteroatoms. The molecule has 2 aromatic rings. The van der Waals surface area contributed by atoms with Crippen molar-refractivity contribution in [3.8, 4) is 0 Å². The van der Waals surface area contributed by atoms with Crippen molar-refractivity contribution < 1.29 is 0 Å². The van der Waals surface area contributed by atoms with E-state index in [4.69, 9.17) is 17.3 Å². The van der Waals surface area contributed by atoms with Gasteiger partial charge in [-0.3, -0.25) is 0 Å². The number of nitrogens with zero attached hydrogens (tertiary/aromatic N) is 2. The smallest absolute Gasteiger partial charge is 0.126 e. The first-order chi connectivity index (χ1) is 7.27. The van der Waals surface area contributed by atoms with Crippen molar-refractivity contribution in [3.63, 3.8) is 0 Å². The van der Waals surface area contributed by atoms with Gasteiger partial charge in [-0.25, -0.2) is 4.98 Å². The zero-order valence-electron chi connectivity index (χ0n) is 8.28. The van der Waals surface area contributed by atoms with Crippen LogP contribution in [0.25, 0.3) is 11.0 Å². The van der Waals surface area contributed by atoms with Gasteiger partial charge in [-0.2, -0.15) is 0 Å². The fourth-order valence-corrected chi connectivity index (χ4v) is 2.46. The minimum atomic E-state index is 0.0576. The predicted octanol–water partition coefficient (Wildman–Crippen LogP) is 2.48. The summed E-state index contributed by atoms with van der Waals surface area (Å²) in [5.74, 6) is 0.976. The van der Waals surface area contributed by atoms with Crippen molar-refractivity contribution in [2.75, 3.05) is 0 Å². The van der Waals surface area contributed by atoms with Gasteiger partial charge in [0.05, 0.1) is 16.6 Å². The number of nitrogens with two attached hydrogens (primary N) is 1. The highest BCUT2D eigenvalue weighted by atomic mass is 35.5. The molecule has 0 spiro atoms. The average Bonchev–Trinajstić information content (AvgIpc) is 2.60. The van der Waals surface area contributed by atoms with E-state index in [1.807, 2.05) is 12.1 Å². The number of aryl methyl sites for hydroxylation is 1. The van der Waals surface area contributed by atoms with Crippen LogP contribution in [0, 0.1) is 0 Å². The van der Waals surface area contributed by atoms with Crippen molar-refractivity contribution in [2.45, 2.75) is 25.4 Å². The maximum atomic E-state index is 6.11. The van der Waals surface area contributed by atoms with Gasteiger partial charge in [-0.05, 0) is 25.0 Å². The third-order valence-electron chi connectivity index (χ3n) is 2.99. The molecule has 3 rings (SSSR count). The Morgan fingerprint density at radius 1 is 1.47 bits per heavy atom. The molecule has 0 saturated heterocycles. The van der Waals surface area contributed by atoms with Crippen LogP contribution >= 0.6 is 11.6 Å². The molecule has 1 aromatic heterocycles. The molecular weight excluding hydrogens is 210 g/mol. The third kappa shape index (κ3) is 1.27. The zero-order valence-corrected chi connectivity index (χ0v) is 9.04. The van der Waals surface area contributed by atoms with Crippen molar-refractivity contribution in [3.05, 3.63) is 29.0 Å². The monoisotopic (exact) mass is 221 g/mol. The molecule has 2 N–H and O–H groups in total. The number of para-hydroxylation sites is 1. The molecule has 0 bridgehead atoms. The molecule has 78 valence electrons. The first kappa shape index (κ1) is 9.19. The fraction of sp³-hybridized carbons (Fsp3) is 0.364. The minimum Gasteiger partial charge on any atom is -0.327 e. The number of aromatic nitrogens is 2. The molecule has 1 unspecified atom stereocenters. The number of benzene rings is 1. The quantitative estimate of drug-likeness (QED) is 0.743. The van der Waals surface area contributed by atoms with Crippen LogP contribution in [0.4, 0.5) is 0 Å². The van der Waals surface area contributed by atoms with Gasteiger partial charge < -0.3 is 10.3 Å². The van der Waals surface area contributed by atoms with E-state index in [2.05, 4.69) is 15.6 Å². The van der Waals surface area contributed by atoms with Crippen molar-refractivity contribution in [2.24, 2.45) is 5.73 Å². The molecule has 0 fully saturated rings. The molecule has 0 amide bonds. The molecule has 3 nitrogen and oxygen atoms in total. The molecule has 0 aliphatic carbocycles. The summed E-state index contributed by atoms with van der Waals surface area (Å²) in [5.41, 5.74) is 8.02. The number of fused-ring (bicyclic) bond motifs is 3. The first-order valence-corrected chi connectivity index (χ1v) is 5.55. The van der Waals surface area contributed by atoms with Gasteiger partial charge in [0.2, 0.25) is 0 Å². The lowest BCUT2D eigenvalue weighted by molar-refractivity contribution is 0.459. The Bertz CT molecular complexity index is 518. The molecule has 15 heavy (non-hydrogen) atoms. The minimum absolute atomic E-state index is 0.0576. The Morgan fingerprint density at radius 2 is 2.33 bits per heavy atom. The highest BCUT2D eigenvalue weighted by molar-refractivity contribution is 6.34. The van der Waals surface area contributed by atoms with Gasteiger partial charge in [0.15, 0.2) is 0 Å². The summed E-state index contributed by atoms with van der Waals surface area (Å²) in [4.78, 5) is 4.54. The van der Waals surface area contributed by atoms with E-state index in [1.165, 1.54) is 0 Å². The fourth-order valence-electron chi connectivity index (χ4n) is 2.25. The lowest BCUT2D eigenvalue weighted by Crippen LogP contribution is -2.21. The van der Waals surface area contributed by atoms with E-state index in [0.29, 0.717) is 5.02 Å². The van der Waals surface area contributed by atoms with Crippen LogP contribution in [-0.2, 0) is 6.54 Å². The lowest BCUT2D eigenvalue weighted by Gasteiger charge is -2.19.